The number of rotatable bonds is 9. The first-order valence-electron chi connectivity index (χ1n) is 11.3. The first kappa shape index (κ1) is 28.8. The third-order valence-corrected chi connectivity index (χ3v) is 5.01. The lowest BCUT2D eigenvalue weighted by molar-refractivity contribution is -0.121. The fourth-order valence-electron chi connectivity index (χ4n) is 3.18. The lowest BCUT2D eigenvalue weighted by Gasteiger charge is -2.08. The smallest absolute Gasteiger partial charge is 0.253 e. The maximum absolute atomic E-state index is 13.3. The van der Waals surface area contributed by atoms with Gasteiger partial charge in [-0.3, -0.25) is 9.59 Å². The summed E-state index contributed by atoms with van der Waals surface area (Å²) in [5, 5.41) is 2.82. The van der Waals surface area contributed by atoms with Crippen LogP contribution in [-0.2, 0) is 29.0 Å². The molecule has 196 valence electrons. The molecule has 3 aromatic rings. The number of nitrogens with zero attached hydrogens (tertiary/aromatic N) is 1. The van der Waals surface area contributed by atoms with Crippen LogP contribution in [0.3, 0.4) is 0 Å². The van der Waals surface area contributed by atoms with E-state index in [1.807, 2.05) is 30.3 Å². The van der Waals surface area contributed by atoms with Gasteiger partial charge in [-0.2, -0.15) is 4.99 Å². The van der Waals surface area contributed by atoms with E-state index in [0.29, 0.717) is 24.9 Å². The van der Waals surface area contributed by atoms with Gasteiger partial charge in [-0.15, -0.1) is 0 Å². The highest BCUT2D eigenvalue weighted by molar-refractivity contribution is 5.92. The number of halogens is 2. The summed E-state index contributed by atoms with van der Waals surface area (Å²) in [7, 11) is 2.76. The normalized spacial score (nSPS) is 9.95. The van der Waals surface area contributed by atoms with Crippen LogP contribution in [0.4, 0.5) is 8.78 Å². The molecule has 0 heterocycles. The molecular formula is C27H30F2N4O4. The number of benzene rings is 3. The fourth-order valence-corrected chi connectivity index (χ4v) is 3.18. The number of aliphatic imine (C=N–C) groups is 1. The molecule has 0 aromatic heterocycles. The third kappa shape index (κ3) is 10.4. The van der Waals surface area contributed by atoms with Crippen molar-refractivity contribution in [2.75, 3.05) is 14.2 Å². The molecule has 0 bridgehead atoms. The van der Waals surface area contributed by atoms with Gasteiger partial charge < -0.3 is 26.3 Å². The van der Waals surface area contributed by atoms with Crippen molar-refractivity contribution in [1.82, 2.24) is 5.32 Å². The summed E-state index contributed by atoms with van der Waals surface area (Å²) >= 11 is 0. The van der Waals surface area contributed by atoms with Crippen molar-refractivity contribution < 1.29 is 27.8 Å². The zero-order valence-electron chi connectivity index (χ0n) is 20.7. The van der Waals surface area contributed by atoms with Gasteiger partial charge in [0, 0.05) is 13.0 Å². The number of amides is 2. The van der Waals surface area contributed by atoms with E-state index in [1.54, 1.807) is 12.1 Å². The van der Waals surface area contributed by atoms with Crippen molar-refractivity contribution in [2.45, 2.75) is 25.8 Å². The van der Waals surface area contributed by atoms with E-state index in [1.165, 1.54) is 38.5 Å². The fraction of sp³-hybridized carbons (Fsp3) is 0.222. The van der Waals surface area contributed by atoms with Crippen LogP contribution in [-0.4, -0.2) is 32.0 Å². The molecule has 10 heteroatoms. The molecule has 3 aromatic carbocycles. The van der Waals surface area contributed by atoms with Crippen LogP contribution in [0.2, 0.25) is 0 Å². The number of methoxy groups -OCH3 is 2. The molecule has 0 aliphatic rings. The molecule has 2 amide bonds. The van der Waals surface area contributed by atoms with Gasteiger partial charge in [-0.25, -0.2) is 8.78 Å². The monoisotopic (exact) mass is 512 g/mol. The Morgan fingerprint density at radius 2 is 1.41 bits per heavy atom. The highest BCUT2D eigenvalue weighted by Gasteiger charge is 2.08. The van der Waals surface area contributed by atoms with Crippen LogP contribution >= 0.6 is 0 Å². The number of nitrogens with two attached hydrogens (primary N) is 2. The lowest BCUT2D eigenvalue weighted by Crippen LogP contribution is -2.24. The Bertz CT molecular complexity index is 1220. The highest BCUT2D eigenvalue weighted by atomic mass is 19.1. The quantitative estimate of drug-likeness (QED) is 0.298. The molecule has 0 saturated carbocycles. The van der Waals surface area contributed by atoms with E-state index in [0.717, 1.165) is 11.1 Å². The van der Waals surface area contributed by atoms with Crippen molar-refractivity contribution in [3.05, 3.63) is 95.1 Å². The standard InChI is InChI=1S/C17H18FNO2.C10H12FN3O2/c1-21-16-11-14(7-9-15(16)18)12-19-17(20)10-8-13-5-3-2-4-6-13;1-16-8-4-6(2-3-7(8)11)5-9(15)14-10(12)13/h2-7,9,11H,8,10,12H2,1H3,(H,19,20);2-4H,5H2,1H3,(H4,12,13,14,15). The molecule has 8 nitrogen and oxygen atoms in total. The predicted octanol–water partition coefficient (Wildman–Crippen LogP) is 3.26. The first-order chi connectivity index (χ1) is 17.7. The summed E-state index contributed by atoms with van der Waals surface area (Å²) in [5.41, 5.74) is 12.6. The van der Waals surface area contributed by atoms with Crippen LogP contribution in [0.15, 0.2) is 71.7 Å². The second kappa shape index (κ2) is 14.8. The van der Waals surface area contributed by atoms with Gasteiger partial charge in [0.05, 0.1) is 20.6 Å². The lowest BCUT2D eigenvalue weighted by atomic mass is 10.1. The molecule has 3 rings (SSSR count). The highest BCUT2D eigenvalue weighted by Crippen LogP contribution is 2.19. The van der Waals surface area contributed by atoms with Crippen LogP contribution in [0, 0.1) is 11.6 Å². The molecule has 0 aliphatic carbocycles. The van der Waals surface area contributed by atoms with Crippen molar-refractivity contribution in [3.8, 4) is 11.5 Å². The summed E-state index contributed by atoms with van der Waals surface area (Å²) in [6.07, 6.45) is 1.14. The molecule has 0 fully saturated rings. The molecular weight excluding hydrogens is 482 g/mol. The molecule has 0 spiro atoms. The van der Waals surface area contributed by atoms with E-state index in [-0.39, 0.29) is 29.8 Å². The molecule has 0 aliphatic heterocycles. The maximum Gasteiger partial charge on any atom is 0.253 e. The van der Waals surface area contributed by atoms with Gasteiger partial charge in [0.15, 0.2) is 29.1 Å². The van der Waals surface area contributed by atoms with Gasteiger partial charge >= 0.3 is 0 Å². The Hall–Kier alpha value is -4.47. The van der Waals surface area contributed by atoms with E-state index in [2.05, 4.69) is 10.3 Å². The van der Waals surface area contributed by atoms with E-state index in [4.69, 9.17) is 20.9 Å². The van der Waals surface area contributed by atoms with E-state index in [9.17, 15) is 18.4 Å². The predicted molar refractivity (Wildman–Crippen MR) is 137 cm³/mol. The molecule has 37 heavy (non-hydrogen) atoms. The number of guanidine groups is 1. The van der Waals surface area contributed by atoms with Crippen molar-refractivity contribution in [2.24, 2.45) is 16.5 Å². The maximum atomic E-state index is 13.3. The Kier molecular flexibility index (Phi) is 11.5. The van der Waals surface area contributed by atoms with Crippen LogP contribution in [0.1, 0.15) is 23.1 Å². The van der Waals surface area contributed by atoms with E-state index < -0.39 is 17.5 Å². The Labute approximate surface area is 214 Å². The summed E-state index contributed by atoms with van der Waals surface area (Å²) < 4.78 is 36.0. The molecule has 0 radical (unpaired) electrons. The zero-order valence-corrected chi connectivity index (χ0v) is 20.7. The first-order valence-corrected chi connectivity index (χ1v) is 11.3. The van der Waals surface area contributed by atoms with Gasteiger partial charge in [0.25, 0.3) is 5.91 Å². The number of aryl methyl sites for hydroxylation is 1. The minimum absolute atomic E-state index is 0.00542. The summed E-state index contributed by atoms with van der Waals surface area (Å²) in [4.78, 5) is 26.4. The van der Waals surface area contributed by atoms with Gasteiger partial charge in [0.1, 0.15) is 0 Å². The van der Waals surface area contributed by atoms with Crippen molar-refractivity contribution >= 4 is 17.8 Å². The Morgan fingerprint density at radius 3 is 1.97 bits per heavy atom. The minimum Gasteiger partial charge on any atom is -0.494 e. The van der Waals surface area contributed by atoms with Crippen LogP contribution in [0.25, 0.3) is 0 Å². The SMILES string of the molecule is COc1cc(CC(=O)N=C(N)N)ccc1F.COc1cc(CNC(=O)CCc2ccccc2)ccc1F. The summed E-state index contributed by atoms with van der Waals surface area (Å²) in [6.45, 7) is 0.365. The minimum atomic E-state index is -0.492. The second-order valence-electron chi connectivity index (χ2n) is 7.81. The van der Waals surface area contributed by atoms with Crippen molar-refractivity contribution in [3.63, 3.8) is 0 Å². The number of carbonyl (C=O) groups is 2. The second-order valence-corrected chi connectivity index (χ2v) is 7.81. The largest absolute Gasteiger partial charge is 0.494 e. The number of carbonyl (C=O) groups excluding carboxylic acids is 2. The third-order valence-electron chi connectivity index (χ3n) is 5.01. The van der Waals surface area contributed by atoms with Gasteiger partial charge in [-0.1, -0.05) is 42.5 Å². The zero-order chi connectivity index (χ0) is 27.2. The van der Waals surface area contributed by atoms with Gasteiger partial charge in [0.2, 0.25) is 5.91 Å². The average Bonchev–Trinajstić information content (AvgIpc) is 2.88. The number of hydrogen-bond acceptors (Lipinski definition) is 4. The molecule has 5 N–H and O–H groups in total. The number of hydrogen-bond donors (Lipinski definition) is 3. The topological polar surface area (TPSA) is 129 Å². The van der Waals surface area contributed by atoms with Crippen LogP contribution in [0.5, 0.6) is 11.5 Å². The number of nitrogens with one attached hydrogen (secondary N) is 1. The van der Waals surface area contributed by atoms with Crippen molar-refractivity contribution in [1.29, 1.82) is 0 Å². The summed E-state index contributed by atoms with van der Waals surface area (Å²) in [5.74, 6) is -1.44. The Morgan fingerprint density at radius 1 is 0.838 bits per heavy atom. The molecule has 0 unspecified atom stereocenters. The number of ether oxygens (including phenoxy) is 2. The summed E-state index contributed by atoms with van der Waals surface area (Å²) in [6, 6.07) is 18.5. The molecule has 0 saturated heterocycles. The average molecular weight is 513 g/mol. The van der Waals surface area contributed by atoms with Gasteiger partial charge in [-0.05, 0) is 47.4 Å². The Balaban J connectivity index is 0.000000271. The molecule has 0 atom stereocenters. The van der Waals surface area contributed by atoms with E-state index >= 15 is 0 Å². The van der Waals surface area contributed by atoms with Crippen LogP contribution < -0.4 is 26.3 Å².